The van der Waals surface area contributed by atoms with Gasteiger partial charge in [0.15, 0.2) is 0 Å². The molecule has 0 unspecified atom stereocenters. The molecule has 1 aromatic carbocycles. The maximum atomic E-state index is 12.0. The Labute approximate surface area is 147 Å². The zero-order valence-corrected chi connectivity index (χ0v) is 14.6. The quantitative estimate of drug-likeness (QED) is 0.787. The summed E-state index contributed by atoms with van der Waals surface area (Å²) >= 11 is 6.49. The molecule has 1 fully saturated rings. The molecule has 0 radical (unpaired) electrons. The lowest BCUT2D eigenvalue weighted by atomic mass is 10.1. The topological polar surface area (TPSA) is 51.2 Å². The van der Waals surface area contributed by atoms with Crippen molar-refractivity contribution in [1.29, 1.82) is 0 Å². The number of benzene rings is 1. The molecule has 0 saturated heterocycles. The van der Waals surface area contributed by atoms with Crippen molar-refractivity contribution >= 4 is 23.4 Å². The number of anilines is 1. The molecule has 2 aromatic rings. The van der Waals surface area contributed by atoms with E-state index in [1.165, 1.54) is 5.56 Å². The van der Waals surface area contributed by atoms with Crippen molar-refractivity contribution in [3.05, 3.63) is 58.2 Å². The van der Waals surface area contributed by atoms with Gasteiger partial charge in [-0.2, -0.15) is 0 Å². The molecule has 5 heteroatoms. The van der Waals surface area contributed by atoms with Crippen LogP contribution >= 0.6 is 11.6 Å². The molecule has 0 amide bonds. The lowest BCUT2D eigenvalue weighted by Gasteiger charge is -2.13. The summed E-state index contributed by atoms with van der Waals surface area (Å²) in [5, 5.41) is 3.93. The molecule has 1 aliphatic carbocycles. The number of hydrogen-bond acceptors (Lipinski definition) is 4. The molecule has 1 aliphatic rings. The maximum absolute atomic E-state index is 12.0. The lowest BCUT2D eigenvalue weighted by molar-refractivity contribution is 0.0524. The van der Waals surface area contributed by atoms with Crippen LogP contribution in [0.4, 0.5) is 5.82 Å². The van der Waals surface area contributed by atoms with E-state index in [1.54, 1.807) is 13.1 Å². The molecule has 1 heterocycles. The number of halogens is 1. The predicted molar refractivity (Wildman–Crippen MR) is 95.8 cm³/mol. The third-order valence-corrected chi connectivity index (χ3v) is 4.72. The summed E-state index contributed by atoms with van der Waals surface area (Å²) in [5.74, 6) is 0.757. The minimum Gasteiger partial charge on any atom is -0.462 e. The van der Waals surface area contributed by atoms with Crippen LogP contribution in [0.15, 0.2) is 36.5 Å². The Kier molecular flexibility index (Phi) is 5.05. The van der Waals surface area contributed by atoms with Gasteiger partial charge in [0, 0.05) is 18.2 Å². The van der Waals surface area contributed by atoms with Gasteiger partial charge in [-0.15, -0.1) is 0 Å². The normalized spacial score (nSPS) is 19.0. The van der Waals surface area contributed by atoms with E-state index in [2.05, 4.69) is 34.6 Å². The first kappa shape index (κ1) is 16.8. The molecule has 1 saturated carbocycles. The van der Waals surface area contributed by atoms with Crippen LogP contribution in [0.25, 0.3) is 0 Å². The predicted octanol–water partition coefficient (Wildman–Crippen LogP) is 4.44. The molecule has 0 spiro atoms. The fourth-order valence-corrected chi connectivity index (χ4v) is 3.29. The van der Waals surface area contributed by atoms with Crippen molar-refractivity contribution in [3.8, 4) is 0 Å². The average molecular weight is 345 g/mol. The second kappa shape index (κ2) is 7.22. The van der Waals surface area contributed by atoms with E-state index in [9.17, 15) is 4.79 Å². The average Bonchev–Trinajstić information content (AvgIpc) is 3.36. The van der Waals surface area contributed by atoms with Crippen molar-refractivity contribution in [2.45, 2.75) is 38.6 Å². The van der Waals surface area contributed by atoms with Crippen LogP contribution in [0.2, 0.25) is 5.02 Å². The van der Waals surface area contributed by atoms with Gasteiger partial charge in [0.1, 0.15) is 5.82 Å². The molecule has 1 aromatic heterocycles. The van der Waals surface area contributed by atoms with E-state index in [-0.39, 0.29) is 5.97 Å². The minimum atomic E-state index is -0.371. The van der Waals surface area contributed by atoms with Gasteiger partial charge >= 0.3 is 5.97 Å². The monoisotopic (exact) mass is 344 g/mol. The van der Waals surface area contributed by atoms with E-state index in [1.807, 2.05) is 13.0 Å². The summed E-state index contributed by atoms with van der Waals surface area (Å²) in [5.41, 5.74) is 2.56. The first-order valence-corrected chi connectivity index (χ1v) is 8.69. The third-order valence-electron chi connectivity index (χ3n) is 4.31. The molecule has 0 bridgehead atoms. The highest BCUT2D eigenvalue weighted by Crippen LogP contribution is 2.43. The molecular formula is C19H21ClN2O2. The van der Waals surface area contributed by atoms with Crippen molar-refractivity contribution in [2.75, 3.05) is 11.9 Å². The van der Waals surface area contributed by atoms with Gasteiger partial charge in [-0.05, 0) is 30.9 Å². The fraction of sp³-hybridized carbons (Fsp3) is 0.368. The zero-order valence-electron chi connectivity index (χ0n) is 13.9. The highest BCUT2D eigenvalue weighted by atomic mass is 35.5. The number of ether oxygens (including phenoxy) is 1. The molecule has 2 atom stereocenters. The molecule has 0 aliphatic heterocycles. The molecular weight excluding hydrogens is 324 g/mol. The third kappa shape index (κ3) is 3.39. The van der Waals surface area contributed by atoms with Crippen molar-refractivity contribution in [1.82, 2.24) is 4.98 Å². The lowest BCUT2D eigenvalue weighted by Crippen LogP contribution is -2.12. The van der Waals surface area contributed by atoms with Crippen molar-refractivity contribution in [2.24, 2.45) is 0 Å². The zero-order chi connectivity index (χ0) is 17.1. The van der Waals surface area contributed by atoms with Gasteiger partial charge in [0.2, 0.25) is 0 Å². The number of nitrogens with zero attached hydrogens (tertiary/aromatic N) is 1. The van der Waals surface area contributed by atoms with E-state index in [0.29, 0.717) is 41.4 Å². The Bertz CT molecular complexity index is 734. The van der Waals surface area contributed by atoms with Crippen molar-refractivity contribution < 1.29 is 9.53 Å². The van der Waals surface area contributed by atoms with Crippen LogP contribution in [0.1, 0.15) is 47.7 Å². The standard InChI is InChI=1S/C19H21ClN2O2/c1-3-13-15(19(23)24-4-2)11-21-18(17(13)20)22-16-10-14(16)12-8-6-5-7-9-12/h5-9,11,14,16H,3-4,10H2,1-2H3,(H,21,22)/t14-,16+/m1/s1. The number of esters is 1. The van der Waals surface area contributed by atoms with Crippen LogP contribution in [-0.2, 0) is 11.2 Å². The summed E-state index contributed by atoms with van der Waals surface area (Å²) in [6, 6.07) is 10.7. The second-order valence-electron chi connectivity index (χ2n) is 5.89. The van der Waals surface area contributed by atoms with Crippen LogP contribution in [0, 0.1) is 0 Å². The summed E-state index contributed by atoms with van der Waals surface area (Å²) in [6.45, 7) is 4.09. The highest BCUT2D eigenvalue weighted by molar-refractivity contribution is 6.34. The summed E-state index contributed by atoms with van der Waals surface area (Å²) in [6.07, 6.45) is 3.27. The number of pyridine rings is 1. The number of rotatable bonds is 6. The Morgan fingerprint density at radius 2 is 2.08 bits per heavy atom. The maximum Gasteiger partial charge on any atom is 0.340 e. The van der Waals surface area contributed by atoms with Crippen LogP contribution in [0.5, 0.6) is 0 Å². The van der Waals surface area contributed by atoms with Gasteiger partial charge in [-0.25, -0.2) is 9.78 Å². The summed E-state index contributed by atoms with van der Waals surface area (Å²) in [4.78, 5) is 16.4. The van der Waals surface area contributed by atoms with Crippen LogP contribution < -0.4 is 5.32 Å². The van der Waals surface area contributed by atoms with Gasteiger partial charge in [0.05, 0.1) is 17.2 Å². The minimum absolute atomic E-state index is 0.329. The van der Waals surface area contributed by atoms with Crippen molar-refractivity contribution in [3.63, 3.8) is 0 Å². The summed E-state index contributed by atoms with van der Waals surface area (Å²) in [7, 11) is 0. The molecule has 3 rings (SSSR count). The molecule has 1 N–H and O–H groups in total. The van der Waals surface area contributed by atoms with E-state index in [0.717, 1.165) is 12.0 Å². The van der Waals surface area contributed by atoms with Gasteiger partial charge in [-0.3, -0.25) is 0 Å². The van der Waals surface area contributed by atoms with Gasteiger partial charge in [0.25, 0.3) is 0 Å². The summed E-state index contributed by atoms with van der Waals surface area (Å²) < 4.78 is 5.08. The van der Waals surface area contributed by atoms with Gasteiger partial charge in [-0.1, -0.05) is 48.9 Å². The van der Waals surface area contributed by atoms with Gasteiger partial charge < -0.3 is 10.1 Å². The number of carbonyl (C=O) groups is 1. The smallest absolute Gasteiger partial charge is 0.340 e. The number of aromatic nitrogens is 1. The number of carbonyl (C=O) groups excluding carboxylic acids is 1. The largest absolute Gasteiger partial charge is 0.462 e. The molecule has 4 nitrogen and oxygen atoms in total. The SMILES string of the molecule is CCOC(=O)c1cnc(N[C@H]2C[C@@H]2c2ccccc2)c(Cl)c1CC. The van der Waals surface area contributed by atoms with E-state index >= 15 is 0 Å². The fourth-order valence-electron chi connectivity index (χ4n) is 2.95. The number of hydrogen-bond donors (Lipinski definition) is 1. The first-order chi connectivity index (χ1) is 11.7. The Balaban J connectivity index is 1.77. The Morgan fingerprint density at radius 1 is 1.33 bits per heavy atom. The Morgan fingerprint density at radius 3 is 2.75 bits per heavy atom. The highest BCUT2D eigenvalue weighted by Gasteiger charge is 2.39. The molecule has 126 valence electrons. The van der Waals surface area contributed by atoms with E-state index < -0.39 is 0 Å². The van der Waals surface area contributed by atoms with Crippen LogP contribution in [-0.4, -0.2) is 23.6 Å². The Hall–Kier alpha value is -2.07. The second-order valence-corrected chi connectivity index (χ2v) is 6.27. The number of nitrogens with one attached hydrogen (secondary N) is 1. The molecule has 24 heavy (non-hydrogen) atoms. The first-order valence-electron chi connectivity index (χ1n) is 8.31. The van der Waals surface area contributed by atoms with Crippen LogP contribution in [0.3, 0.4) is 0 Å². The van der Waals surface area contributed by atoms with E-state index in [4.69, 9.17) is 16.3 Å².